The highest BCUT2D eigenvalue weighted by Crippen LogP contribution is 2.25. The van der Waals surface area contributed by atoms with Gasteiger partial charge in [-0.15, -0.1) is 0 Å². The Morgan fingerprint density at radius 2 is 1.54 bits per heavy atom. The number of anilines is 2. The van der Waals surface area contributed by atoms with Gasteiger partial charge in [0.1, 0.15) is 6.54 Å². The van der Waals surface area contributed by atoms with Crippen LogP contribution < -0.4 is 9.62 Å². The molecular weight excluding hydrogens is 396 g/mol. The zero-order chi connectivity index (χ0) is 20.1. The van der Waals surface area contributed by atoms with Crippen molar-refractivity contribution in [1.82, 2.24) is 0 Å². The molecule has 0 aromatic heterocycles. The van der Waals surface area contributed by atoms with E-state index in [4.69, 9.17) is 11.6 Å². The molecule has 0 bridgehead atoms. The summed E-state index contributed by atoms with van der Waals surface area (Å²) in [5, 5.41) is 3.19. The number of nitrogens with one attached hydrogen (secondary N) is 1. The highest BCUT2D eigenvalue weighted by atomic mass is 35.5. The van der Waals surface area contributed by atoms with Gasteiger partial charge in [0, 0.05) is 10.7 Å². The summed E-state index contributed by atoms with van der Waals surface area (Å²) >= 11 is 5.93. The maximum absolute atomic E-state index is 13.2. The molecule has 1 amide bonds. The highest BCUT2D eigenvalue weighted by molar-refractivity contribution is 7.92. The number of sulfonamides is 1. The largest absolute Gasteiger partial charge is 0.325 e. The van der Waals surface area contributed by atoms with Crippen LogP contribution in [0.15, 0.2) is 83.8 Å². The average molecular weight is 415 g/mol. The molecule has 3 rings (SSSR count). The summed E-state index contributed by atoms with van der Waals surface area (Å²) in [6, 6.07) is 21.7. The Balaban J connectivity index is 1.94. The Morgan fingerprint density at radius 1 is 0.929 bits per heavy atom. The Hall–Kier alpha value is -2.83. The molecule has 0 aliphatic heterocycles. The van der Waals surface area contributed by atoms with Crippen molar-refractivity contribution in [3.63, 3.8) is 0 Å². The summed E-state index contributed by atoms with van der Waals surface area (Å²) in [6.07, 6.45) is 0. The highest BCUT2D eigenvalue weighted by Gasteiger charge is 2.27. The fourth-order valence-electron chi connectivity index (χ4n) is 2.61. The SMILES string of the molecule is Cc1ccc(S(=O)(=O)N(CC(=O)Nc2ccccc2)c2ccc(Cl)cc2)cc1. The van der Waals surface area contributed by atoms with E-state index in [0.717, 1.165) is 9.87 Å². The van der Waals surface area contributed by atoms with E-state index >= 15 is 0 Å². The first kappa shape index (κ1) is 19.9. The monoisotopic (exact) mass is 414 g/mol. The van der Waals surface area contributed by atoms with Gasteiger partial charge in [-0.1, -0.05) is 47.5 Å². The van der Waals surface area contributed by atoms with Gasteiger partial charge in [0.15, 0.2) is 0 Å². The number of hydrogen-bond donors (Lipinski definition) is 1. The minimum Gasteiger partial charge on any atom is -0.325 e. The van der Waals surface area contributed by atoms with Crippen LogP contribution >= 0.6 is 11.6 Å². The molecule has 0 aliphatic rings. The lowest BCUT2D eigenvalue weighted by Gasteiger charge is -2.24. The molecule has 0 aliphatic carbocycles. The molecule has 3 aromatic carbocycles. The molecule has 3 aromatic rings. The number of nitrogens with zero attached hydrogens (tertiary/aromatic N) is 1. The van der Waals surface area contributed by atoms with E-state index in [-0.39, 0.29) is 11.4 Å². The fourth-order valence-corrected chi connectivity index (χ4v) is 4.16. The van der Waals surface area contributed by atoms with E-state index < -0.39 is 15.9 Å². The third-order valence-electron chi connectivity index (χ3n) is 4.07. The summed E-state index contributed by atoms with van der Waals surface area (Å²) in [5.41, 5.74) is 1.89. The van der Waals surface area contributed by atoms with Gasteiger partial charge in [-0.3, -0.25) is 9.10 Å². The minimum atomic E-state index is -3.94. The van der Waals surface area contributed by atoms with Crippen LogP contribution in [0.3, 0.4) is 0 Å². The number of para-hydroxylation sites is 1. The van der Waals surface area contributed by atoms with Crippen LogP contribution in [0, 0.1) is 6.92 Å². The standard InChI is InChI=1S/C21H19ClN2O3S/c1-16-7-13-20(14-8-16)28(26,27)24(19-11-9-17(22)10-12-19)15-21(25)23-18-5-3-2-4-6-18/h2-14H,15H2,1H3,(H,23,25). The zero-order valence-corrected chi connectivity index (χ0v) is 16.7. The van der Waals surface area contributed by atoms with Crippen molar-refractivity contribution in [3.05, 3.63) is 89.4 Å². The predicted molar refractivity (Wildman–Crippen MR) is 112 cm³/mol. The maximum Gasteiger partial charge on any atom is 0.264 e. The quantitative estimate of drug-likeness (QED) is 0.646. The van der Waals surface area contributed by atoms with Crippen LogP contribution in [0.2, 0.25) is 5.02 Å². The molecular formula is C21H19ClN2O3S. The molecule has 0 radical (unpaired) electrons. The number of halogens is 1. The van der Waals surface area contributed by atoms with Gasteiger partial charge in [0.25, 0.3) is 10.0 Å². The number of rotatable bonds is 6. The summed E-state index contributed by atoms with van der Waals surface area (Å²) < 4.78 is 27.5. The molecule has 7 heteroatoms. The minimum absolute atomic E-state index is 0.112. The molecule has 0 spiro atoms. The Morgan fingerprint density at radius 3 is 2.14 bits per heavy atom. The Kier molecular flexibility index (Phi) is 6.02. The molecule has 5 nitrogen and oxygen atoms in total. The normalized spacial score (nSPS) is 11.1. The molecule has 0 saturated carbocycles. The zero-order valence-electron chi connectivity index (χ0n) is 15.2. The van der Waals surface area contributed by atoms with Crippen molar-refractivity contribution >= 4 is 38.9 Å². The fraction of sp³-hybridized carbons (Fsp3) is 0.0952. The van der Waals surface area contributed by atoms with Gasteiger partial charge in [0.2, 0.25) is 5.91 Å². The lowest BCUT2D eigenvalue weighted by Crippen LogP contribution is -2.38. The smallest absolute Gasteiger partial charge is 0.264 e. The number of amides is 1. The molecule has 0 unspecified atom stereocenters. The first-order valence-corrected chi connectivity index (χ1v) is 10.4. The molecule has 0 fully saturated rings. The molecule has 1 N–H and O–H groups in total. The lowest BCUT2D eigenvalue weighted by atomic mass is 10.2. The summed E-state index contributed by atoms with van der Waals surface area (Å²) in [4.78, 5) is 12.7. The van der Waals surface area contributed by atoms with Crippen LogP contribution in [0.4, 0.5) is 11.4 Å². The van der Waals surface area contributed by atoms with Crippen molar-refractivity contribution in [2.24, 2.45) is 0 Å². The van der Waals surface area contributed by atoms with Crippen LogP contribution in [0.1, 0.15) is 5.56 Å². The van der Waals surface area contributed by atoms with Crippen LogP contribution in [-0.4, -0.2) is 20.9 Å². The van der Waals surface area contributed by atoms with Crippen LogP contribution in [-0.2, 0) is 14.8 Å². The van der Waals surface area contributed by atoms with E-state index in [2.05, 4.69) is 5.32 Å². The number of hydrogen-bond acceptors (Lipinski definition) is 3. The van der Waals surface area contributed by atoms with Crippen molar-refractivity contribution < 1.29 is 13.2 Å². The van der Waals surface area contributed by atoms with Crippen molar-refractivity contribution in [1.29, 1.82) is 0 Å². The second-order valence-corrected chi connectivity index (χ2v) is 8.51. The number of aryl methyl sites for hydroxylation is 1. The molecule has 28 heavy (non-hydrogen) atoms. The topological polar surface area (TPSA) is 66.5 Å². The Bertz CT molecular complexity index is 1050. The van der Waals surface area contributed by atoms with E-state index in [1.165, 1.54) is 12.1 Å². The average Bonchev–Trinajstić information content (AvgIpc) is 2.68. The van der Waals surface area contributed by atoms with Crippen molar-refractivity contribution in [3.8, 4) is 0 Å². The van der Waals surface area contributed by atoms with Gasteiger partial charge >= 0.3 is 0 Å². The van der Waals surface area contributed by atoms with Crippen LogP contribution in [0.5, 0.6) is 0 Å². The van der Waals surface area contributed by atoms with E-state index in [0.29, 0.717) is 16.4 Å². The van der Waals surface area contributed by atoms with E-state index in [1.807, 2.05) is 13.0 Å². The first-order valence-electron chi connectivity index (χ1n) is 8.56. The number of carbonyl (C=O) groups is 1. The van der Waals surface area contributed by atoms with E-state index in [9.17, 15) is 13.2 Å². The molecule has 144 valence electrons. The summed E-state index contributed by atoms with van der Waals surface area (Å²) in [7, 11) is -3.94. The maximum atomic E-state index is 13.2. The number of carbonyl (C=O) groups excluding carboxylic acids is 1. The Labute approximate surface area is 169 Å². The van der Waals surface area contributed by atoms with Gasteiger partial charge < -0.3 is 5.32 Å². The van der Waals surface area contributed by atoms with Gasteiger partial charge in [0.05, 0.1) is 10.6 Å². The first-order chi connectivity index (χ1) is 13.4. The third kappa shape index (κ3) is 4.71. The molecule has 0 heterocycles. The molecule has 0 atom stereocenters. The molecule has 0 saturated heterocycles. The summed E-state index contributed by atoms with van der Waals surface area (Å²) in [6.45, 7) is 1.51. The van der Waals surface area contributed by atoms with Gasteiger partial charge in [-0.2, -0.15) is 0 Å². The second-order valence-electron chi connectivity index (χ2n) is 6.22. The van der Waals surface area contributed by atoms with Gasteiger partial charge in [-0.05, 0) is 55.5 Å². The van der Waals surface area contributed by atoms with E-state index in [1.54, 1.807) is 60.7 Å². The third-order valence-corrected chi connectivity index (χ3v) is 6.11. The van der Waals surface area contributed by atoms with Crippen molar-refractivity contribution in [2.75, 3.05) is 16.2 Å². The predicted octanol–water partition coefficient (Wildman–Crippen LogP) is 4.48. The lowest BCUT2D eigenvalue weighted by molar-refractivity contribution is -0.114. The number of benzene rings is 3. The van der Waals surface area contributed by atoms with Crippen molar-refractivity contribution in [2.45, 2.75) is 11.8 Å². The van der Waals surface area contributed by atoms with Crippen LogP contribution in [0.25, 0.3) is 0 Å². The second kappa shape index (κ2) is 8.46. The van der Waals surface area contributed by atoms with Gasteiger partial charge in [-0.25, -0.2) is 8.42 Å². The summed E-state index contributed by atoms with van der Waals surface area (Å²) in [5.74, 6) is -0.447.